The lowest BCUT2D eigenvalue weighted by Gasteiger charge is -2.39. The molecule has 1 aromatic heterocycles. The Kier molecular flexibility index (Phi) is 4.45. The van der Waals surface area contributed by atoms with Crippen LogP contribution in [0, 0.1) is 5.41 Å². The van der Waals surface area contributed by atoms with Crippen LogP contribution in [0.1, 0.15) is 37.1 Å². The number of hydrogen-bond donors (Lipinski definition) is 1. The fourth-order valence-electron chi connectivity index (χ4n) is 2.94. The molecule has 0 spiro atoms. The van der Waals surface area contributed by atoms with Gasteiger partial charge in [-0.3, -0.25) is 4.79 Å². The monoisotopic (exact) mass is 318 g/mol. The van der Waals surface area contributed by atoms with E-state index < -0.39 is 0 Å². The van der Waals surface area contributed by atoms with Crippen LogP contribution in [0.4, 0.5) is 0 Å². The summed E-state index contributed by atoms with van der Waals surface area (Å²) in [5, 5.41) is 4.18. The Morgan fingerprint density at radius 1 is 1.45 bits per heavy atom. The first-order chi connectivity index (χ1) is 10.6. The van der Waals surface area contributed by atoms with Gasteiger partial charge in [-0.1, -0.05) is 25.5 Å². The van der Waals surface area contributed by atoms with Crippen LogP contribution in [0.5, 0.6) is 0 Å². The Hall–Kier alpha value is -1.46. The summed E-state index contributed by atoms with van der Waals surface area (Å²) in [6.45, 7) is 3.26. The molecule has 0 saturated heterocycles. The van der Waals surface area contributed by atoms with Crippen molar-refractivity contribution in [3.63, 3.8) is 0 Å². The molecule has 1 heterocycles. The molecule has 4 nitrogen and oxygen atoms in total. The number of rotatable bonds is 6. The van der Waals surface area contributed by atoms with Crippen LogP contribution >= 0.6 is 11.3 Å². The summed E-state index contributed by atoms with van der Waals surface area (Å²) in [5.74, 6) is 0.356. The van der Waals surface area contributed by atoms with Gasteiger partial charge in [-0.2, -0.15) is 0 Å². The number of amides is 1. The molecule has 0 aliphatic heterocycles. The van der Waals surface area contributed by atoms with E-state index in [0.29, 0.717) is 13.2 Å². The first-order valence-electron chi connectivity index (χ1n) is 7.77. The molecule has 1 aliphatic rings. The normalized spacial score (nSPS) is 17.9. The van der Waals surface area contributed by atoms with Gasteiger partial charge in [-0.05, 0) is 25.0 Å². The van der Waals surface area contributed by atoms with Gasteiger partial charge in [-0.25, -0.2) is 4.98 Å². The second-order valence-electron chi connectivity index (χ2n) is 6.20. The molecule has 1 aromatic carbocycles. The minimum Gasteiger partial charge on any atom is -0.384 e. The molecular weight excluding hydrogens is 296 g/mol. The summed E-state index contributed by atoms with van der Waals surface area (Å²) < 4.78 is 6.43. The number of para-hydroxylation sites is 1. The van der Waals surface area contributed by atoms with Crippen LogP contribution in [0.15, 0.2) is 24.3 Å². The first-order valence-corrected chi connectivity index (χ1v) is 8.59. The van der Waals surface area contributed by atoms with E-state index in [2.05, 4.69) is 23.3 Å². The maximum atomic E-state index is 12.4. The van der Waals surface area contributed by atoms with Gasteiger partial charge in [0.05, 0.1) is 27.2 Å². The van der Waals surface area contributed by atoms with Crippen molar-refractivity contribution < 1.29 is 9.53 Å². The maximum Gasteiger partial charge on any atom is 0.228 e. The second kappa shape index (κ2) is 6.34. The third kappa shape index (κ3) is 2.88. The van der Waals surface area contributed by atoms with Crippen LogP contribution in [-0.4, -0.2) is 31.2 Å². The number of carbonyl (C=O) groups is 1. The van der Waals surface area contributed by atoms with Crippen LogP contribution in [0.2, 0.25) is 0 Å². The molecular formula is C17H22N2O2S. The highest BCUT2D eigenvalue weighted by atomic mass is 32.1. The van der Waals surface area contributed by atoms with Crippen molar-refractivity contribution >= 4 is 27.5 Å². The number of methoxy groups -OCH3 is 1. The summed E-state index contributed by atoms with van der Waals surface area (Å²) in [7, 11) is 1.66. The lowest BCUT2D eigenvalue weighted by Crippen LogP contribution is -2.49. The summed E-state index contributed by atoms with van der Waals surface area (Å²) in [6, 6.07) is 8.15. The lowest BCUT2D eigenvalue weighted by molar-refractivity contribution is -0.140. The molecule has 0 radical (unpaired) electrons. The van der Waals surface area contributed by atoms with Crippen molar-refractivity contribution in [2.75, 3.05) is 20.3 Å². The van der Waals surface area contributed by atoms with Crippen LogP contribution < -0.4 is 5.32 Å². The number of thiazole rings is 1. The fraction of sp³-hybridized carbons (Fsp3) is 0.529. The highest BCUT2D eigenvalue weighted by Crippen LogP contribution is 2.41. The zero-order valence-electron chi connectivity index (χ0n) is 13.1. The zero-order chi connectivity index (χ0) is 15.6. The molecule has 3 rings (SSSR count). The number of benzene rings is 1. The summed E-state index contributed by atoms with van der Waals surface area (Å²) in [6.07, 6.45) is 2.98. The lowest BCUT2D eigenvalue weighted by atomic mass is 9.68. The van der Waals surface area contributed by atoms with Gasteiger partial charge >= 0.3 is 0 Å². The van der Waals surface area contributed by atoms with Crippen molar-refractivity contribution in [1.29, 1.82) is 0 Å². The Morgan fingerprint density at radius 2 is 2.23 bits per heavy atom. The topological polar surface area (TPSA) is 51.2 Å². The molecule has 1 aliphatic carbocycles. The Labute approximate surface area is 134 Å². The number of ether oxygens (including phenoxy) is 1. The van der Waals surface area contributed by atoms with Crippen LogP contribution in [0.3, 0.4) is 0 Å². The Bertz CT molecular complexity index is 630. The molecule has 1 saturated carbocycles. The minimum absolute atomic E-state index is 0.133. The standard InChI is InChI=1S/C17H22N2O2S/c1-12(15-19-13-6-3-4-7-14(13)22-15)10-18-16(20)17(11-21-2)8-5-9-17/h3-4,6-7,12H,5,8-11H2,1-2H3,(H,18,20)/t12-/m0/s1. The van der Waals surface area contributed by atoms with Crippen molar-refractivity contribution in [2.24, 2.45) is 5.41 Å². The van der Waals surface area contributed by atoms with Gasteiger partial charge in [0.1, 0.15) is 0 Å². The Balaban J connectivity index is 1.62. The number of fused-ring (bicyclic) bond motifs is 1. The third-order valence-electron chi connectivity index (χ3n) is 4.51. The predicted molar refractivity (Wildman–Crippen MR) is 89.2 cm³/mol. The van der Waals surface area contributed by atoms with E-state index in [1.165, 1.54) is 4.70 Å². The molecule has 1 fully saturated rings. The van der Waals surface area contributed by atoms with Crippen LogP contribution in [-0.2, 0) is 9.53 Å². The van der Waals surface area contributed by atoms with Gasteiger partial charge in [0.15, 0.2) is 0 Å². The SMILES string of the molecule is COCC1(C(=O)NC[C@H](C)c2nc3ccccc3s2)CCC1. The van der Waals surface area contributed by atoms with Gasteiger partial charge in [0.2, 0.25) is 5.91 Å². The molecule has 0 bridgehead atoms. The van der Waals surface area contributed by atoms with E-state index in [9.17, 15) is 4.79 Å². The second-order valence-corrected chi connectivity index (χ2v) is 7.26. The van der Waals surface area contributed by atoms with Crippen molar-refractivity contribution in [3.8, 4) is 0 Å². The van der Waals surface area contributed by atoms with E-state index in [4.69, 9.17) is 4.74 Å². The zero-order valence-corrected chi connectivity index (χ0v) is 13.9. The number of nitrogens with zero attached hydrogens (tertiary/aromatic N) is 1. The van der Waals surface area contributed by atoms with E-state index in [1.807, 2.05) is 18.2 Å². The van der Waals surface area contributed by atoms with Crippen LogP contribution in [0.25, 0.3) is 10.2 Å². The van der Waals surface area contributed by atoms with Gasteiger partial charge in [-0.15, -0.1) is 11.3 Å². The summed E-state index contributed by atoms with van der Waals surface area (Å²) >= 11 is 1.71. The Morgan fingerprint density at radius 3 is 2.86 bits per heavy atom. The highest BCUT2D eigenvalue weighted by Gasteiger charge is 2.44. The van der Waals surface area contributed by atoms with Crippen molar-refractivity contribution in [1.82, 2.24) is 10.3 Å². The average molecular weight is 318 g/mol. The number of hydrogen-bond acceptors (Lipinski definition) is 4. The molecule has 5 heteroatoms. The third-order valence-corrected chi connectivity index (χ3v) is 5.78. The quantitative estimate of drug-likeness (QED) is 0.889. The number of carbonyl (C=O) groups excluding carboxylic acids is 1. The summed E-state index contributed by atoms with van der Waals surface area (Å²) in [4.78, 5) is 17.1. The number of nitrogens with one attached hydrogen (secondary N) is 1. The molecule has 1 amide bonds. The van der Waals surface area contributed by atoms with Gasteiger partial charge in [0.25, 0.3) is 0 Å². The highest BCUT2D eigenvalue weighted by molar-refractivity contribution is 7.18. The summed E-state index contributed by atoms with van der Waals surface area (Å²) in [5.41, 5.74) is 0.748. The molecule has 2 aromatic rings. The average Bonchev–Trinajstić information content (AvgIpc) is 2.92. The minimum atomic E-state index is -0.290. The van der Waals surface area contributed by atoms with Gasteiger partial charge in [0, 0.05) is 19.6 Å². The van der Waals surface area contributed by atoms with E-state index in [1.54, 1.807) is 18.4 Å². The molecule has 0 unspecified atom stereocenters. The largest absolute Gasteiger partial charge is 0.384 e. The molecule has 1 N–H and O–H groups in total. The van der Waals surface area contributed by atoms with E-state index in [-0.39, 0.29) is 17.2 Å². The van der Waals surface area contributed by atoms with Crippen molar-refractivity contribution in [2.45, 2.75) is 32.1 Å². The predicted octanol–water partition coefficient (Wildman–Crippen LogP) is 3.33. The fourth-order valence-corrected chi connectivity index (χ4v) is 3.96. The van der Waals surface area contributed by atoms with E-state index in [0.717, 1.165) is 29.8 Å². The molecule has 22 heavy (non-hydrogen) atoms. The van der Waals surface area contributed by atoms with Gasteiger partial charge < -0.3 is 10.1 Å². The molecule has 1 atom stereocenters. The maximum absolute atomic E-state index is 12.4. The van der Waals surface area contributed by atoms with E-state index >= 15 is 0 Å². The molecule has 118 valence electrons. The number of aromatic nitrogens is 1. The smallest absolute Gasteiger partial charge is 0.228 e. The van der Waals surface area contributed by atoms with Crippen molar-refractivity contribution in [3.05, 3.63) is 29.3 Å². The first kappa shape index (κ1) is 15.4.